The average Bonchev–Trinajstić information content (AvgIpc) is 2.80. The zero-order chi connectivity index (χ0) is 12.1. The van der Waals surface area contributed by atoms with Crippen molar-refractivity contribution in [2.24, 2.45) is 0 Å². The molecule has 18 heavy (non-hydrogen) atoms. The van der Waals surface area contributed by atoms with Crippen molar-refractivity contribution in [1.82, 2.24) is 9.55 Å². The summed E-state index contributed by atoms with van der Waals surface area (Å²) < 4.78 is 1.92. The van der Waals surface area contributed by atoms with Crippen molar-refractivity contribution in [2.45, 2.75) is 6.54 Å². The Labute approximate surface area is 127 Å². The number of hydrogen-bond donors (Lipinski definition) is 0. The van der Waals surface area contributed by atoms with Crippen LogP contribution < -0.4 is 34.7 Å². The zero-order valence-corrected chi connectivity index (χ0v) is 12.1. The van der Waals surface area contributed by atoms with Crippen LogP contribution in [0, 0.1) is 0 Å². The maximum atomic E-state index is 10.4. The fourth-order valence-electron chi connectivity index (χ4n) is 1.58. The fourth-order valence-corrected chi connectivity index (χ4v) is 1.58. The maximum Gasteiger partial charge on any atom is 1.00 e. The molecule has 0 amide bonds. The van der Waals surface area contributed by atoms with Gasteiger partial charge in [0.1, 0.15) is 0 Å². The van der Waals surface area contributed by atoms with Gasteiger partial charge in [-0.05, 0) is 17.2 Å². The minimum atomic E-state index is -1.19. The van der Waals surface area contributed by atoms with Gasteiger partial charge in [0.2, 0.25) is 0 Å². The van der Waals surface area contributed by atoms with E-state index in [0.717, 1.165) is 17.2 Å². The first kappa shape index (κ1) is 14.7. The molecule has 0 aliphatic carbocycles. The number of imidazole rings is 1. The predicted octanol–water partition coefficient (Wildman–Crippen LogP) is -2.30. The Morgan fingerprint density at radius 3 is 2.83 bits per heavy atom. The van der Waals surface area contributed by atoms with E-state index in [1.54, 1.807) is 18.6 Å². The van der Waals surface area contributed by atoms with Gasteiger partial charge in [-0.3, -0.25) is 0 Å². The van der Waals surface area contributed by atoms with Crippen molar-refractivity contribution in [3.8, 4) is 0 Å². The molecule has 2 rings (SSSR count). The van der Waals surface area contributed by atoms with Crippen LogP contribution >= 0.6 is 0 Å². The third kappa shape index (κ3) is 4.14. The van der Waals surface area contributed by atoms with Gasteiger partial charge in [-0.25, -0.2) is 4.98 Å². The number of benzene rings is 1. The molecule has 5 heteroatoms. The van der Waals surface area contributed by atoms with Gasteiger partial charge < -0.3 is 14.5 Å². The van der Waals surface area contributed by atoms with Crippen molar-refractivity contribution < 1.29 is 39.5 Å². The van der Waals surface area contributed by atoms with E-state index in [0.29, 0.717) is 6.54 Å². The van der Waals surface area contributed by atoms with Crippen molar-refractivity contribution in [2.75, 3.05) is 0 Å². The van der Waals surface area contributed by atoms with Gasteiger partial charge in [0.15, 0.2) is 0 Å². The molecule has 1 aromatic heterocycles. The summed E-state index contributed by atoms with van der Waals surface area (Å²) >= 11 is 0. The summed E-state index contributed by atoms with van der Waals surface area (Å²) in [5, 5.41) is 10.4. The number of hydrogen-bond acceptors (Lipinski definition) is 3. The number of carbonyl (C=O) groups is 1. The summed E-state index contributed by atoms with van der Waals surface area (Å²) in [6.07, 6.45) is 7.87. The number of aromatic nitrogens is 2. The Morgan fingerprint density at radius 1 is 1.39 bits per heavy atom. The van der Waals surface area contributed by atoms with Crippen molar-refractivity contribution in [3.05, 3.63) is 60.2 Å². The van der Waals surface area contributed by atoms with Crippen LogP contribution in [0.15, 0.2) is 49.1 Å². The standard InChI is InChI=1S/C13H12N2O2.Na/c16-13(17)6-5-11-3-1-2-4-12(11)9-15-8-7-14-10-15;/h1-8,10H,9H2,(H,16,17);/q;+1/p-1/b6-5+;. The zero-order valence-electron chi connectivity index (χ0n) is 10.1. The van der Waals surface area contributed by atoms with Gasteiger partial charge in [0, 0.05) is 18.9 Å². The maximum absolute atomic E-state index is 10.4. The van der Waals surface area contributed by atoms with E-state index in [1.807, 2.05) is 35.0 Å². The molecule has 0 radical (unpaired) electrons. The Morgan fingerprint density at radius 2 is 2.17 bits per heavy atom. The van der Waals surface area contributed by atoms with Gasteiger partial charge in [-0.15, -0.1) is 0 Å². The normalized spacial score (nSPS) is 10.2. The largest absolute Gasteiger partial charge is 1.00 e. The molecule has 0 N–H and O–H groups in total. The van der Waals surface area contributed by atoms with E-state index >= 15 is 0 Å². The predicted molar refractivity (Wildman–Crippen MR) is 61.8 cm³/mol. The SMILES string of the molecule is O=C([O-])/C=C/c1ccccc1Cn1ccnc1.[Na+]. The van der Waals surface area contributed by atoms with Crippen LogP contribution in [0.4, 0.5) is 0 Å². The summed E-state index contributed by atoms with van der Waals surface area (Å²) in [6.45, 7) is 0.660. The first-order valence-electron chi connectivity index (χ1n) is 5.18. The molecular formula is C13H11N2NaO2. The summed E-state index contributed by atoms with van der Waals surface area (Å²) in [4.78, 5) is 14.4. The topological polar surface area (TPSA) is 57.9 Å². The molecule has 1 heterocycles. The molecule has 0 saturated carbocycles. The van der Waals surface area contributed by atoms with E-state index in [-0.39, 0.29) is 29.6 Å². The molecular weight excluding hydrogens is 239 g/mol. The Bertz CT molecular complexity index is 536. The van der Waals surface area contributed by atoms with E-state index in [4.69, 9.17) is 0 Å². The Hall–Kier alpha value is -1.36. The monoisotopic (exact) mass is 250 g/mol. The van der Waals surface area contributed by atoms with Gasteiger partial charge in [-0.2, -0.15) is 0 Å². The number of aliphatic carboxylic acids is 1. The molecule has 0 unspecified atom stereocenters. The fraction of sp³-hybridized carbons (Fsp3) is 0.0769. The Kier molecular flexibility index (Phi) is 5.85. The van der Waals surface area contributed by atoms with Crippen LogP contribution in [0.1, 0.15) is 11.1 Å². The Balaban J connectivity index is 0.00000162. The molecule has 0 spiro atoms. The van der Waals surface area contributed by atoms with Crippen LogP contribution in [0.25, 0.3) is 6.08 Å². The average molecular weight is 250 g/mol. The summed E-state index contributed by atoms with van der Waals surface area (Å²) in [5.74, 6) is -1.19. The van der Waals surface area contributed by atoms with E-state index in [1.165, 1.54) is 0 Å². The van der Waals surface area contributed by atoms with Crippen LogP contribution in [0.2, 0.25) is 0 Å². The van der Waals surface area contributed by atoms with Crippen LogP contribution in [-0.4, -0.2) is 15.5 Å². The summed E-state index contributed by atoms with van der Waals surface area (Å²) in [5.41, 5.74) is 1.90. The molecule has 0 atom stereocenters. The molecule has 4 nitrogen and oxygen atoms in total. The number of carboxylic acids is 1. The third-order valence-corrected chi connectivity index (χ3v) is 2.37. The van der Waals surface area contributed by atoms with Crippen LogP contribution in [-0.2, 0) is 11.3 Å². The van der Waals surface area contributed by atoms with Crippen LogP contribution in [0.3, 0.4) is 0 Å². The van der Waals surface area contributed by atoms with Gasteiger partial charge in [0.05, 0.1) is 12.3 Å². The molecule has 2 aromatic rings. The minimum absolute atomic E-state index is 0. The summed E-state index contributed by atoms with van der Waals surface area (Å²) in [7, 11) is 0. The third-order valence-electron chi connectivity index (χ3n) is 2.37. The van der Waals surface area contributed by atoms with Gasteiger partial charge in [-0.1, -0.05) is 30.3 Å². The number of carbonyl (C=O) groups excluding carboxylic acids is 1. The molecule has 1 aromatic carbocycles. The number of rotatable bonds is 4. The van der Waals surface area contributed by atoms with Gasteiger partial charge in [0.25, 0.3) is 0 Å². The van der Waals surface area contributed by atoms with Crippen molar-refractivity contribution in [3.63, 3.8) is 0 Å². The molecule has 0 fully saturated rings. The molecule has 86 valence electrons. The second-order valence-corrected chi connectivity index (χ2v) is 3.59. The first-order valence-corrected chi connectivity index (χ1v) is 5.18. The molecule has 0 saturated heterocycles. The molecule has 0 aliphatic heterocycles. The molecule has 0 bridgehead atoms. The van der Waals surface area contributed by atoms with E-state index in [2.05, 4.69) is 4.98 Å². The first-order chi connectivity index (χ1) is 8.25. The van der Waals surface area contributed by atoms with Crippen LogP contribution in [0.5, 0.6) is 0 Å². The second kappa shape index (κ2) is 7.16. The smallest absolute Gasteiger partial charge is 0.545 e. The quantitative estimate of drug-likeness (QED) is 0.453. The van der Waals surface area contributed by atoms with E-state index < -0.39 is 5.97 Å². The van der Waals surface area contributed by atoms with Crippen molar-refractivity contribution >= 4 is 12.0 Å². The van der Waals surface area contributed by atoms with Crippen molar-refractivity contribution in [1.29, 1.82) is 0 Å². The van der Waals surface area contributed by atoms with E-state index in [9.17, 15) is 9.90 Å². The number of nitrogens with zero attached hydrogens (tertiary/aromatic N) is 2. The minimum Gasteiger partial charge on any atom is -0.545 e. The summed E-state index contributed by atoms with van der Waals surface area (Å²) in [6, 6.07) is 7.61. The van der Waals surface area contributed by atoms with Gasteiger partial charge >= 0.3 is 29.6 Å². The molecule has 0 aliphatic rings. The number of carboxylic acid groups (broad SMARTS) is 1. The second-order valence-electron chi connectivity index (χ2n) is 3.59.